The fraction of sp³-hybridized carbons (Fsp3) is 0.417. The molecule has 0 radical (unpaired) electrons. The quantitative estimate of drug-likeness (QED) is 0.340. The van der Waals surface area contributed by atoms with E-state index in [2.05, 4.69) is 5.48 Å². The number of hydrogen-bond donors (Lipinski definition) is 1. The second-order valence-electron chi connectivity index (χ2n) is 8.99. The van der Waals surface area contributed by atoms with Crippen molar-refractivity contribution in [2.75, 3.05) is 6.54 Å². The summed E-state index contributed by atoms with van der Waals surface area (Å²) in [7, 11) is 0. The first-order valence-electron chi connectivity index (χ1n) is 11.0. The number of thioether (sulfide) groups is 1. The standard InChI is InChI=1S/C24H29N3O6S/c1-24(2,3)33-23(29)26-15-18(25-32-16-17-7-5-4-6-8-17)9-14-21(26)22(28)34-20-12-10-19(11-13-20)27(30)31/h4-8,10-13,18,21,25H,9,14-16H2,1-3H3/t18-,21+/m1/s1. The third-order valence-corrected chi connectivity index (χ3v) is 6.06. The lowest BCUT2D eigenvalue weighted by Crippen LogP contribution is -2.55. The first-order valence-corrected chi connectivity index (χ1v) is 11.8. The molecule has 34 heavy (non-hydrogen) atoms. The number of nitro benzene ring substituents is 1. The van der Waals surface area contributed by atoms with Crippen LogP contribution in [0.2, 0.25) is 0 Å². The number of nitrogens with one attached hydrogen (secondary N) is 1. The minimum absolute atomic E-state index is 0.0470. The first-order chi connectivity index (χ1) is 16.1. The average Bonchev–Trinajstić information content (AvgIpc) is 2.79. The highest BCUT2D eigenvalue weighted by molar-refractivity contribution is 8.13. The van der Waals surface area contributed by atoms with Gasteiger partial charge in [0.2, 0.25) is 5.12 Å². The maximum absolute atomic E-state index is 13.1. The summed E-state index contributed by atoms with van der Waals surface area (Å²) in [6, 6.07) is 14.6. The summed E-state index contributed by atoms with van der Waals surface area (Å²) in [4.78, 5) is 44.1. The third-order valence-electron chi connectivity index (χ3n) is 5.08. The number of carbonyl (C=O) groups excluding carboxylic acids is 2. The molecule has 2 atom stereocenters. The topological polar surface area (TPSA) is 111 Å². The van der Waals surface area contributed by atoms with Gasteiger partial charge < -0.3 is 4.74 Å². The van der Waals surface area contributed by atoms with Crippen molar-refractivity contribution in [3.63, 3.8) is 0 Å². The van der Waals surface area contributed by atoms with E-state index in [1.807, 2.05) is 30.3 Å². The number of ether oxygens (including phenoxy) is 1. The summed E-state index contributed by atoms with van der Waals surface area (Å²) in [5.74, 6) is 0. The van der Waals surface area contributed by atoms with Crippen molar-refractivity contribution >= 4 is 28.7 Å². The van der Waals surface area contributed by atoms with Crippen LogP contribution in [-0.4, -0.2) is 45.3 Å². The maximum Gasteiger partial charge on any atom is 0.410 e. The van der Waals surface area contributed by atoms with Gasteiger partial charge in [-0.2, -0.15) is 5.48 Å². The molecular weight excluding hydrogens is 458 g/mol. The molecule has 1 aliphatic heterocycles. The van der Waals surface area contributed by atoms with Crippen molar-refractivity contribution in [1.29, 1.82) is 0 Å². The molecule has 3 rings (SSSR count). The summed E-state index contributed by atoms with van der Waals surface area (Å²) in [5.41, 5.74) is 3.27. The summed E-state index contributed by atoms with van der Waals surface area (Å²) >= 11 is 0.963. The van der Waals surface area contributed by atoms with E-state index < -0.39 is 22.7 Å². The number of nitro groups is 1. The molecule has 10 heteroatoms. The van der Waals surface area contributed by atoms with E-state index in [1.54, 1.807) is 20.8 Å². The number of hydroxylamine groups is 1. The van der Waals surface area contributed by atoms with Crippen molar-refractivity contribution in [3.05, 3.63) is 70.3 Å². The minimum Gasteiger partial charge on any atom is -0.444 e. The summed E-state index contributed by atoms with van der Waals surface area (Å²) < 4.78 is 5.55. The molecule has 2 aromatic rings. The second kappa shape index (κ2) is 11.5. The highest BCUT2D eigenvalue weighted by atomic mass is 32.2. The molecule has 0 aliphatic carbocycles. The van der Waals surface area contributed by atoms with E-state index in [0.717, 1.165) is 17.3 Å². The molecule has 2 aromatic carbocycles. The Morgan fingerprint density at radius 1 is 1.12 bits per heavy atom. The van der Waals surface area contributed by atoms with Crippen molar-refractivity contribution in [2.24, 2.45) is 0 Å². The van der Waals surface area contributed by atoms with Crippen molar-refractivity contribution in [1.82, 2.24) is 10.4 Å². The Labute approximate surface area is 202 Å². The molecule has 0 aromatic heterocycles. The predicted molar refractivity (Wildman–Crippen MR) is 128 cm³/mol. The predicted octanol–water partition coefficient (Wildman–Crippen LogP) is 4.70. The second-order valence-corrected chi connectivity index (χ2v) is 10.1. The molecule has 0 spiro atoms. The molecule has 0 bridgehead atoms. The highest BCUT2D eigenvalue weighted by Gasteiger charge is 2.38. The summed E-state index contributed by atoms with van der Waals surface area (Å²) in [6.07, 6.45) is 0.500. The smallest absolute Gasteiger partial charge is 0.410 e. The number of hydrogen-bond acceptors (Lipinski definition) is 8. The van der Waals surface area contributed by atoms with Gasteiger partial charge in [-0.25, -0.2) is 4.79 Å². The molecule has 9 nitrogen and oxygen atoms in total. The first kappa shape index (κ1) is 25.7. The summed E-state index contributed by atoms with van der Waals surface area (Å²) in [5, 5.41) is 10.6. The van der Waals surface area contributed by atoms with Crippen LogP contribution in [0.1, 0.15) is 39.2 Å². The molecule has 182 valence electrons. The van der Waals surface area contributed by atoms with Crippen LogP contribution in [0.4, 0.5) is 10.5 Å². The number of rotatable bonds is 7. The molecule has 0 saturated carbocycles. The molecule has 1 amide bonds. The Bertz CT molecular complexity index is 994. The molecule has 1 fully saturated rings. The van der Waals surface area contributed by atoms with Gasteiger partial charge in [-0.3, -0.25) is 24.6 Å². The van der Waals surface area contributed by atoms with E-state index in [0.29, 0.717) is 24.3 Å². The van der Waals surface area contributed by atoms with Gasteiger partial charge in [0.05, 0.1) is 17.6 Å². The Balaban J connectivity index is 1.65. The van der Waals surface area contributed by atoms with Gasteiger partial charge in [-0.05, 0) is 63.1 Å². The van der Waals surface area contributed by atoms with E-state index >= 15 is 0 Å². The van der Waals surface area contributed by atoms with E-state index in [4.69, 9.17) is 9.57 Å². The van der Waals surface area contributed by atoms with Gasteiger partial charge in [-0.15, -0.1) is 0 Å². The Morgan fingerprint density at radius 2 is 1.79 bits per heavy atom. The lowest BCUT2D eigenvalue weighted by atomic mass is 10.00. The average molecular weight is 488 g/mol. The van der Waals surface area contributed by atoms with Crippen LogP contribution in [0, 0.1) is 10.1 Å². The monoisotopic (exact) mass is 487 g/mol. The van der Waals surface area contributed by atoms with Gasteiger partial charge in [0.1, 0.15) is 11.6 Å². The van der Waals surface area contributed by atoms with Gasteiger partial charge in [-0.1, -0.05) is 30.3 Å². The molecule has 1 heterocycles. The maximum atomic E-state index is 13.1. The molecule has 1 N–H and O–H groups in total. The molecule has 0 unspecified atom stereocenters. The van der Waals surface area contributed by atoms with Crippen molar-refractivity contribution in [2.45, 2.75) is 62.8 Å². The minimum atomic E-state index is -0.708. The zero-order valence-corrected chi connectivity index (χ0v) is 20.2. The van der Waals surface area contributed by atoms with Crippen molar-refractivity contribution in [3.8, 4) is 0 Å². The number of non-ortho nitro benzene ring substituents is 1. The largest absolute Gasteiger partial charge is 0.444 e. The van der Waals surface area contributed by atoms with Gasteiger partial charge in [0.25, 0.3) is 5.69 Å². The SMILES string of the molecule is CC(C)(C)OC(=O)N1C[C@H](NOCc2ccccc2)CC[C@H]1C(=O)Sc1ccc([N+](=O)[O-])cc1. The Kier molecular flexibility index (Phi) is 8.65. The molecular formula is C24H29N3O6S. The van der Waals surface area contributed by atoms with Crippen LogP contribution in [0.15, 0.2) is 59.5 Å². The van der Waals surface area contributed by atoms with Crippen LogP contribution in [-0.2, 0) is 21.0 Å². The molecule has 1 saturated heterocycles. The third kappa shape index (κ3) is 7.54. The van der Waals surface area contributed by atoms with Crippen LogP contribution in [0.5, 0.6) is 0 Å². The van der Waals surface area contributed by atoms with Gasteiger partial charge in [0, 0.05) is 23.6 Å². The van der Waals surface area contributed by atoms with E-state index in [1.165, 1.54) is 29.2 Å². The fourth-order valence-corrected chi connectivity index (χ4v) is 4.36. The summed E-state index contributed by atoms with van der Waals surface area (Å²) in [6.45, 7) is 5.95. The Hall–Kier alpha value is -2.95. The lowest BCUT2D eigenvalue weighted by Gasteiger charge is -2.39. The van der Waals surface area contributed by atoms with Gasteiger partial charge >= 0.3 is 6.09 Å². The fourth-order valence-electron chi connectivity index (χ4n) is 3.47. The van der Waals surface area contributed by atoms with E-state index in [-0.39, 0.29) is 23.4 Å². The van der Waals surface area contributed by atoms with Gasteiger partial charge in [0.15, 0.2) is 0 Å². The number of likely N-dealkylation sites (tertiary alicyclic amines) is 1. The van der Waals surface area contributed by atoms with Crippen molar-refractivity contribution < 1.29 is 24.1 Å². The van der Waals surface area contributed by atoms with Crippen LogP contribution in [0.3, 0.4) is 0 Å². The van der Waals surface area contributed by atoms with E-state index in [9.17, 15) is 19.7 Å². The zero-order chi connectivity index (χ0) is 24.7. The van der Waals surface area contributed by atoms with Crippen LogP contribution >= 0.6 is 11.8 Å². The highest BCUT2D eigenvalue weighted by Crippen LogP contribution is 2.29. The number of benzene rings is 2. The normalized spacial score (nSPS) is 18.4. The number of piperidine rings is 1. The lowest BCUT2D eigenvalue weighted by molar-refractivity contribution is -0.384. The zero-order valence-electron chi connectivity index (χ0n) is 19.4. The number of carbonyl (C=O) groups is 2. The van der Waals surface area contributed by atoms with Crippen LogP contribution < -0.4 is 5.48 Å². The number of amides is 1. The van der Waals surface area contributed by atoms with Crippen LogP contribution in [0.25, 0.3) is 0 Å². The molecule has 1 aliphatic rings. The number of nitrogens with zero attached hydrogens (tertiary/aromatic N) is 2. The Morgan fingerprint density at radius 3 is 2.41 bits per heavy atom.